The predicted octanol–water partition coefficient (Wildman–Crippen LogP) is 10.9. The van der Waals surface area contributed by atoms with Crippen LogP contribution in [0.5, 0.6) is 23.0 Å². The predicted molar refractivity (Wildman–Crippen MR) is 199 cm³/mol. The summed E-state index contributed by atoms with van der Waals surface area (Å²) in [6, 6.07) is 40.9. The molecular formula is C44H40O5S. The van der Waals surface area contributed by atoms with Gasteiger partial charge in [0.2, 0.25) is 9.84 Å². The monoisotopic (exact) mass is 680 g/mol. The quantitative estimate of drug-likeness (QED) is 0.135. The molecule has 6 rings (SSSR count). The number of rotatable bonds is 10. The van der Waals surface area contributed by atoms with Crippen molar-refractivity contribution in [3.8, 4) is 23.0 Å². The Balaban J connectivity index is 1.10. The number of ketones is 1. The first-order valence-electron chi connectivity index (χ1n) is 16.5. The summed E-state index contributed by atoms with van der Waals surface area (Å²) in [4.78, 5) is 13.3. The lowest BCUT2D eigenvalue weighted by Gasteiger charge is -2.26. The van der Waals surface area contributed by atoms with Crippen LogP contribution in [0.1, 0.15) is 63.1 Å². The molecular weight excluding hydrogens is 641 g/mol. The normalized spacial score (nSPS) is 11.6. The first-order chi connectivity index (χ1) is 23.8. The van der Waals surface area contributed by atoms with E-state index in [1.54, 1.807) is 42.5 Å². The van der Waals surface area contributed by atoms with Crippen molar-refractivity contribution in [2.75, 3.05) is 0 Å². The first kappa shape index (κ1) is 34.4. The van der Waals surface area contributed by atoms with Crippen LogP contribution < -0.4 is 9.47 Å². The average molecular weight is 681 g/mol. The summed E-state index contributed by atoms with van der Waals surface area (Å²) in [7, 11) is -3.65. The number of sulfone groups is 1. The zero-order chi connectivity index (χ0) is 35.6. The largest absolute Gasteiger partial charge is 0.457 e. The third kappa shape index (κ3) is 7.26. The molecule has 0 aromatic heterocycles. The molecule has 0 radical (unpaired) electrons. The Kier molecular flexibility index (Phi) is 9.50. The van der Waals surface area contributed by atoms with Gasteiger partial charge in [0.15, 0.2) is 5.78 Å². The van der Waals surface area contributed by atoms with Crippen LogP contribution in [0.25, 0.3) is 0 Å². The lowest BCUT2D eigenvalue weighted by Crippen LogP contribution is -2.18. The van der Waals surface area contributed by atoms with Crippen molar-refractivity contribution < 1.29 is 22.7 Å². The zero-order valence-electron chi connectivity index (χ0n) is 29.2. The molecule has 252 valence electrons. The van der Waals surface area contributed by atoms with Gasteiger partial charge in [-0.15, -0.1) is 0 Å². The maximum Gasteiger partial charge on any atom is 0.206 e. The molecule has 0 unspecified atom stereocenters. The fourth-order valence-electron chi connectivity index (χ4n) is 5.78. The number of hydrogen-bond acceptors (Lipinski definition) is 5. The highest BCUT2D eigenvalue weighted by Crippen LogP contribution is 2.36. The summed E-state index contributed by atoms with van der Waals surface area (Å²) in [6.07, 6.45) is 0. The van der Waals surface area contributed by atoms with Crippen molar-refractivity contribution in [2.24, 2.45) is 0 Å². The van der Waals surface area contributed by atoms with Gasteiger partial charge < -0.3 is 9.47 Å². The van der Waals surface area contributed by atoms with E-state index in [0.29, 0.717) is 34.1 Å². The molecule has 0 N–H and O–H groups in total. The van der Waals surface area contributed by atoms with Crippen molar-refractivity contribution in [2.45, 2.75) is 56.7 Å². The fourth-order valence-corrected chi connectivity index (χ4v) is 7.21. The standard InChI is InChI=1S/C44H40O5S/c1-29-7-10-33(11-8-29)43(45)34-12-18-37(19-13-34)48-38-20-14-35(15-21-38)44(5,6)36-16-22-39(23-17-36)49-42-26-25-41(28-32(42)4)50(46,47)40-24-9-30(2)31(3)27-40/h7-28H,1-6H3. The van der Waals surface area contributed by atoms with Gasteiger partial charge in [-0.25, -0.2) is 8.42 Å². The Hall–Kier alpha value is -5.46. The van der Waals surface area contributed by atoms with Gasteiger partial charge >= 0.3 is 0 Å². The third-order valence-electron chi connectivity index (χ3n) is 9.29. The Labute approximate surface area is 295 Å². The molecule has 0 saturated heterocycles. The number of aryl methyl sites for hydroxylation is 4. The summed E-state index contributed by atoms with van der Waals surface area (Å²) in [6.45, 7) is 12.1. The summed E-state index contributed by atoms with van der Waals surface area (Å²) in [5.41, 5.74) is 7.04. The molecule has 6 heteroatoms. The van der Waals surface area contributed by atoms with Crippen LogP contribution in [0.15, 0.2) is 143 Å². The summed E-state index contributed by atoms with van der Waals surface area (Å²) < 4.78 is 38.8. The maximum atomic E-state index is 13.3. The summed E-state index contributed by atoms with van der Waals surface area (Å²) >= 11 is 0. The lowest BCUT2D eigenvalue weighted by molar-refractivity contribution is 0.103. The Morgan fingerprint density at radius 2 is 0.940 bits per heavy atom. The molecule has 6 aromatic carbocycles. The highest BCUT2D eigenvalue weighted by atomic mass is 32.2. The molecule has 6 aromatic rings. The highest BCUT2D eigenvalue weighted by molar-refractivity contribution is 7.91. The summed E-state index contributed by atoms with van der Waals surface area (Å²) in [5, 5.41) is 0. The van der Waals surface area contributed by atoms with Gasteiger partial charge in [-0.1, -0.05) is 74.0 Å². The van der Waals surface area contributed by atoms with Gasteiger partial charge in [0.25, 0.3) is 0 Å². The van der Waals surface area contributed by atoms with E-state index in [1.165, 1.54) is 0 Å². The Morgan fingerprint density at radius 3 is 1.44 bits per heavy atom. The zero-order valence-corrected chi connectivity index (χ0v) is 30.0. The van der Waals surface area contributed by atoms with Crippen LogP contribution in [-0.2, 0) is 15.3 Å². The minimum absolute atomic E-state index is 0.0197. The SMILES string of the molecule is Cc1ccc(C(=O)c2ccc(Oc3ccc(C(C)(C)c4ccc(Oc5ccc(S(=O)(=O)c6ccc(C)c(C)c6)cc5C)cc4)cc3)cc2)cc1. The number of hydrogen-bond donors (Lipinski definition) is 0. The molecule has 50 heavy (non-hydrogen) atoms. The Morgan fingerprint density at radius 1 is 0.500 bits per heavy atom. The van der Waals surface area contributed by atoms with E-state index in [-0.39, 0.29) is 21.0 Å². The van der Waals surface area contributed by atoms with E-state index in [4.69, 9.17) is 9.47 Å². The van der Waals surface area contributed by atoms with Crippen molar-refractivity contribution in [3.05, 3.63) is 178 Å². The van der Waals surface area contributed by atoms with Gasteiger partial charge in [0, 0.05) is 16.5 Å². The second-order valence-corrected chi connectivity index (χ2v) is 15.2. The number of benzene rings is 6. The van der Waals surface area contributed by atoms with E-state index >= 15 is 0 Å². The third-order valence-corrected chi connectivity index (χ3v) is 11.0. The van der Waals surface area contributed by atoms with Crippen molar-refractivity contribution in [3.63, 3.8) is 0 Å². The molecule has 5 nitrogen and oxygen atoms in total. The second-order valence-electron chi connectivity index (χ2n) is 13.3. The topological polar surface area (TPSA) is 69.7 Å². The van der Waals surface area contributed by atoms with E-state index in [9.17, 15) is 13.2 Å². The van der Waals surface area contributed by atoms with E-state index < -0.39 is 9.84 Å². The number of carbonyl (C=O) groups excluding carboxylic acids is 1. The molecule has 0 atom stereocenters. The number of ether oxygens (including phenoxy) is 2. The van der Waals surface area contributed by atoms with E-state index in [1.807, 2.05) is 107 Å². The van der Waals surface area contributed by atoms with Gasteiger partial charge in [0.05, 0.1) is 9.79 Å². The van der Waals surface area contributed by atoms with Crippen molar-refractivity contribution in [1.82, 2.24) is 0 Å². The maximum absolute atomic E-state index is 13.3. The van der Waals surface area contributed by atoms with Gasteiger partial charge in [0.1, 0.15) is 23.0 Å². The smallest absolute Gasteiger partial charge is 0.206 e. The van der Waals surface area contributed by atoms with Crippen LogP contribution in [0.4, 0.5) is 0 Å². The van der Waals surface area contributed by atoms with Crippen LogP contribution in [-0.4, -0.2) is 14.2 Å². The van der Waals surface area contributed by atoms with Crippen LogP contribution in [0.2, 0.25) is 0 Å². The molecule has 0 saturated carbocycles. The van der Waals surface area contributed by atoms with Crippen LogP contribution >= 0.6 is 0 Å². The molecule has 0 aliphatic carbocycles. The molecule has 0 heterocycles. The minimum atomic E-state index is -3.65. The Bertz CT molecular complexity index is 2270. The van der Waals surface area contributed by atoms with E-state index in [2.05, 4.69) is 26.0 Å². The lowest BCUT2D eigenvalue weighted by atomic mass is 9.78. The molecule has 0 bridgehead atoms. The molecule has 0 spiro atoms. The molecule has 0 aliphatic heterocycles. The molecule has 0 aliphatic rings. The van der Waals surface area contributed by atoms with Gasteiger partial charge in [-0.3, -0.25) is 4.79 Å². The summed E-state index contributed by atoms with van der Waals surface area (Å²) in [5.74, 6) is 2.59. The second kappa shape index (κ2) is 13.8. The van der Waals surface area contributed by atoms with Crippen molar-refractivity contribution in [1.29, 1.82) is 0 Å². The highest BCUT2D eigenvalue weighted by Gasteiger charge is 2.24. The molecule has 0 amide bonds. The first-order valence-corrected chi connectivity index (χ1v) is 18.0. The average Bonchev–Trinajstić information content (AvgIpc) is 3.11. The number of carbonyl (C=O) groups is 1. The fraction of sp³-hybridized carbons (Fsp3) is 0.159. The van der Waals surface area contributed by atoms with Gasteiger partial charge in [-0.05, 0) is 134 Å². The van der Waals surface area contributed by atoms with E-state index in [0.717, 1.165) is 33.4 Å². The van der Waals surface area contributed by atoms with Crippen molar-refractivity contribution >= 4 is 15.6 Å². The van der Waals surface area contributed by atoms with Gasteiger partial charge in [-0.2, -0.15) is 0 Å². The molecule has 0 fully saturated rings. The minimum Gasteiger partial charge on any atom is -0.457 e. The van der Waals surface area contributed by atoms with Crippen LogP contribution in [0, 0.1) is 27.7 Å². The van der Waals surface area contributed by atoms with Crippen LogP contribution in [0.3, 0.4) is 0 Å².